The molecular formula is C17H17ClF2N2O3S. The Hall–Kier alpha value is -2.19. The lowest BCUT2D eigenvalue weighted by Crippen LogP contribution is -2.47. The summed E-state index contributed by atoms with van der Waals surface area (Å²) in [5.41, 5.74) is 0.634. The first-order chi connectivity index (χ1) is 12.1. The number of carbonyl (C=O) groups excluding carboxylic acids is 1. The number of rotatable bonds is 6. The van der Waals surface area contributed by atoms with Crippen LogP contribution in [0, 0.1) is 11.6 Å². The van der Waals surface area contributed by atoms with Crippen LogP contribution in [0.5, 0.6) is 0 Å². The molecule has 2 aromatic carbocycles. The van der Waals surface area contributed by atoms with Gasteiger partial charge in [-0.15, -0.1) is 0 Å². The summed E-state index contributed by atoms with van der Waals surface area (Å²) >= 11 is 5.79. The van der Waals surface area contributed by atoms with Gasteiger partial charge in [0.2, 0.25) is 15.9 Å². The van der Waals surface area contributed by atoms with Crippen LogP contribution < -0.4 is 9.62 Å². The van der Waals surface area contributed by atoms with Gasteiger partial charge in [0.1, 0.15) is 6.04 Å². The molecule has 0 fully saturated rings. The van der Waals surface area contributed by atoms with Crippen LogP contribution in [0.15, 0.2) is 42.5 Å². The van der Waals surface area contributed by atoms with E-state index in [1.165, 1.54) is 6.92 Å². The van der Waals surface area contributed by atoms with E-state index in [2.05, 4.69) is 5.32 Å². The topological polar surface area (TPSA) is 66.5 Å². The van der Waals surface area contributed by atoms with Gasteiger partial charge >= 0.3 is 0 Å². The number of nitrogens with zero attached hydrogens (tertiary/aromatic N) is 1. The van der Waals surface area contributed by atoms with E-state index in [0.717, 1.165) is 34.3 Å². The molecule has 0 saturated carbocycles. The van der Waals surface area contributed by atoms with Gasteiger partial charge in [-0.05, 0) is 36.8 Å². The van der Waals surface area contributed by atoms with Crippen LogP contribution in [-0.4, -0.2) is 26.6 Å². The van der Waals surface area contributed by atoms with E-state index in [1.54, 1.807) is 24.3 Å². The summed E-state index contributed by atoms with van der Waals surface area (Å²) in [4.78, 5) is 12.4. The zero-order chi connectivity index (χ0) is 19.5. The van der Waals surface area contributed by atoms with Crippen LogP contribution in [0.1, 0.15) is 12.5 Å². The van der Waals surface area contributed by atoms with Crippen molar-refractivity contribution >= 4 is 33.2 Å². The van der Waals surface area contributed by atoms with Crippen LogP contribution in [0.25, 0.3) is 0 Å². The van der Waals surface area contributed by atoms with E-state index in [4.69, 9.17) is 11.6 Å². The third-order valence-corrected chi connectivity index (χ3v) is 5.12. The van der Waals surface area contributed by atoms with Crippen molar-refractivity contribution in [2.75, 3.05) is 10.6 Å². The maximum absolute atomic E-state index is 13.5. The minimum absolute atomic E-state index is 0.138. The van der Waals surface area contributed by atoms with Crippen LogP contribution in [0.2, 0.25) is 5.02 Å². The van der Waals surface area contributed by atoms with E-state index < -0.39 is 33.6 Å². The smallest absolute Gasteiger partial charge is 0.243 e. The molecule has 1 N–H and O–H groups in total. The number of anilines is 1. The van der Waals surface area contributed by atoms with Gasteiger partial charge < -0.3 is 5.32 Å². The third-order valence-electron chi connectivity index (χ3n) is 3.63. The minimum atomic E-state index is -3.91. The number of benzene rings is 2. The van der Waals surface area contributed by atoms with Crippen molar-refractivity contribution in [3.05, 3.63) is 64.7 Å². The quantitative estimate of drug-likeness (QED) is 0.807. The average molecular weight is 403 g/mol. The first-order valence-corrected chi connectivity index (χ1v) is 9.79. The SMILES string of the molecule is C[C@H](C(=O)NCc1ccc(Cl)cc1)N(c1ccc(F)c(F)c1)S(C)(=O)=O. The fourth-order valence-electron chi connectivity index (χ4n) is 2.37. The highest BCUT2D eigenvalue weighted by Gasteiger charge is 2.29. The monoisotopic (exact) mass is 402 g/mol. The molecule has 0 unspecified atom stereocenters. The summed E-state index contributed by atoms with van der Waals surface area (Å²) in [5.74, 6) is -2.90. The number of amides is 1. The standard InChI is InChI=1S/C17H17ClF2N2O3S/c1-11(17(23)21-10-12-3-5-13(18)6-4-12)22(26(2,24)25)14-7-8-15(19)16(20)9-14/h3-9,11H,10H2,1-2H3,(H,21,23)/t11-/m1/s1. The third kappa shape index (κ3) is 4.92. The molecule has 0 heterocycles. The highest BCUT2D eigenvalue weighted by Crippen LogP contribution is 2.23. The highest BCUT2D eigenvalue weighted by atomic mass is 35.5. The van der Waals surface area contributed by atoms with Gasteiger partial charge in [-0.1, -0.05) is 23.7 Å². The largest absolute Gasteiger partial charge is 0.350 e. The van der Waals surface area contributed by atoms with Crippen LogP contribution in [0.3, 0.4) is 0 Å². The molecule has 0 saturated heterocycles. The van der Waals surface area contributed by atoms with E-state index in [0.29, 0.717) is 5.02 Å². The second kappa shape index (κ2) is 8.01. The molecule has 26 heavy (non-hydrogen) atoms. The molecule has 0 bridgehead atoms. The summed E-state index contributed by atoms with van der Waals surface area (Å²) in [6, 6.07) is 8.24. The van der Waals surface area contributed by atoms with Crippen molar-refractivity contribution in [3.63, 3.8) is 0 Å². The highest BCUT2D eigenvalue weighted by molar-refractivity contribution is 7.92. The summed E-state index contributed by atoms with van der Waals surface area (Å²) in [5, 5.41) is 3.16. The number of nitrogens with one attached hydrogen (secondary N) is 1. The number of sulfonamides is 1. The van der Waals surface area contributed by atoms with Crippen LogP contribution in [0.4, 0.5) is 14.5 Å². The van der Waals surface area contributed by atoms with Gasteiger partial charge in [0.25, 0.3) is 0 Å². The first kappa shape index (κ1) is 20.1. The van der Waals surface area contributed by atoms with E-state index in [-0.39, 0.29) is 12.2 Å². The first-order valence-electron chi connectivity index (χ1n) is 7.56. The predicted molar refractivity (Wildman–Crippen MR) is 96.4 cm³/mol. The predicted octanol–water partition coefficient (Wildman–Crippen LogP) is 3.09. The van der Waals surface area contributed by atoms with Gasteiger partial charge in [-0.3, -0.25) is 9.10 Å². The Labute approximate surface area is 155 Å². The lowest BCUT2D eigenvalue weighted by atomic mass is 10.2. The zero-order valence-corrected chi connectivity index (χ0v) is 15.6. The fraction of sp³-hybridized carbons (Fsp3) is 0.235. The summed E-state index contributed by atoms with van der Waals surface area (Å²) < 4.78 is 51.6. The van der Waals surface area contributed by atoms with Crippen molar-refractivity contribution in [1.82, 2.24) is 5.32 Å². The molecule has 5 nitrogen and oxygen atoms in total. The molecule has 1 atom stereocenters. The molecule has 2 aromatic rings. The number of hydrogen-bond donors (Lipinski definition) is 1. The summed E-state index contributed by atoms with van der Waals surface area (Å²) in [6.07, 6.45) is 0.886. The molecule has 0 aliphatic heterocycles. The molecular weight excluding hydrogens is 386 g/mol. The Balaban J connectivity index is 2.20. The van der Waals surface area contributed by atoms with Crippen molar-refractivity contribution < 1.29 is 22.0 Å². The molecule has 0 aliphatic carbocycles. The molecule has 9 heteroatoms. The molecule has 0 aliphatic rings. The number of halogens is 3. The van der Waals surface area contributed by atoms with E-state index in [9.17, 15) is 22.0 Å². The summed E-state index contributed by atoms with van der Waals surface area (Å²) in [6.45, 7) is 1.52. The van der Waals surface area contributed by atoms with Gasteiger partial charge in [0.05, 0.1) is 11.9 Å². The Kier molecular flexibility index (Phi) is 6.20. The van der Waals surface area contributed by atoms with E-state index >= 15 is 0 Å². The number of carbonyl (C=O) groups is 1. The molecule has 140 valence electrons. The van der Waals surface area contributed by atoms with Gasteiger partial charge in [0.15, 0.2) is 11.6 Å². The van der Waals surface area contributed by atoms with Crippen LogP contribution >= 0.6 is 11.6 Å². The van der Waals surface area contributed by atoms with Gasteiger partial charge in [-0.2, -0.15) is 0 Å². The molecule has 2 rings (SSSR count). The van der Waals surface area contributed by atoms with Crippen LogP contribution in [-0.2, 0) is 21.4 Å². The maximum atomic E-state index is 13.5. The fourth-order valence-corrected chi connectivity index (χ4v) is 3.66. The molecule has 0 spiro atoms. The molecule has 0 radical (unpaired) electrons. The number of hydrogen-bond acceptors (Lipinski definition) is 3. The Bertz CT molecular complexity index is 905. The summed E-state index contributed by atoms with van der Waals surface area (Å²) in [7, 11) is -3.91. The van der Waals surface area contributed by atoms with Crippen molar-refractivity contribution in [1.29, 1.82) is 0 Å². The van der Waals surface area contributed by atoms with Crippen molar-refractivity contribution in [2.45, 2.75) is 19.5 Å². The zero-order valence-electron chi connectivity index (χ0n) is 14.0. The second-order valence-electron chi connectivity index (χ2n) is 5.68. The normalized spacial score (nSPS) is 12.5. The Morgan fingerprint density at radius 3 is 2.31 bits per heavy atom. The molecule has 1 amide bonds. The minimum Gasteiger partial charge on any atom is -0.350 e. The Morgan fingerprint density at radius 2 is 1.77 bits per heavy atom. The lowest BCUT2D eigenvalue weighted by Gasteiger charge is -2.28. The second-order valence-corrected chi connectivity index (χ2v) is 7.97. The van der Waals surface area contributed by atoms with Crippen molar-refractivity contribution in [2.24, 2.45) is 0 Å². The van der Waals surface area contributed by atoms with Gasteiger partial charge in [0, 0.05) is 17.6 Å². The van der Waals surface area contributed by atoms with Crippen molar-refractivity contribution in [3.8, 4) is 0 Å². The average Bonchev–Trinajstić information content (AvgIpc) is 2.56. The van der Waals surface area contributed by atoms with Gasteiger partial charge in [-0.25, -0.2) is 17.2 Å². The maximum Gasteiger partial charge on any atom is 0.243 e. The molecule has 0 aromatic heterocycles. The Morgan fingerprint density at radius 1 is 1.15 bits per heavy atom. The van der Waals surface area contributed by atoms with E-state index in [1.807, 2.05) is 0 Å². The lowest BCUT2D eigenvalue weighted by molar-refractivity contribution is -0.122.